The van der Waals surface area contributed by atoms with Crippen molar-refractivity contribution in [3.8, 4) is 0 Å². The summed E-state index contributed by atoms with van der Waals surface area (Å²) >= 11 is 0. The average molecular weight is 485 g/mol. The fourth-order valence-electron chi connectivity index (χ4n) is 6.52. The molecule has 6 rings (SSSR count). The lowest BCUT2D eigenvalue weighted by molar-refractivity contribution is -0.401. The molecule has 0 radical (unpaired) electrons. The SMILES string of the molecule is C[N+]1=C(/C=C/C=C/C=C2/N(N)c3ccc4ccccc4c3C2(C)C)C(C)(C)c2c1ccc1ccccc21. The molecule has 2 aliphatic heterocycles. The van der Waals surface area contributed by atoms with Crippen molar-refractivity contribution in [1.29, 1.82) is 0 Å². The largest absolute Gasteiger partial charge is 0.283 e. The van der Waals surface area contributed by atoms with Crippen LogP contribution in [0.1, 0.15) is 38.8 Å². The normalized spacial score (nSPS) is 19.2. The quantitative estimate of drug-likeness (QED) is 0.184. The predicted molar refractivity (Wildman–Crippen MR) is 158 cm³/mol. The molecule has 37 heavy (non-hydrogen) atoms. The maximum atomic E-state index is 6.62. The van der Waals surface area contributed by atoms with Crippen molar-refractivity contribution in [3.05, 3.63) is 120 Å². The molecule has 0 aromatic heterocycles. The van der Waals surface area contributed by atoms with Gasteiger partial charge in [0.2, 0.25) is 5.69 Å². The molecule has 3 heteroatoms. The van der Waals surface area contributed by atoms with Crippen LogP contribution in [0.5, 0.6) is 0 Å². The molecular weight excluding hydrogens is 450 g/mol. The van der Waals surface area contributed by atoms with Gasteiger partial charge in [0, 0.05) is 28.8 Å². The minimum absolute atomic E-state index is 0.0854. The Kier molecular flexibility index (Phi) is 5.25. The molecule has 0 unspecified atom stereocenters. The van der Waals surface area contributed by atoms with Gasteiger partial charge in [-0.3, -0.25) is 5.01 Å². The maximum absolute atomic E-state index is 6.62. The van der Waals surface area contributed by atoms with Crippen LogP contribution >= 0.6 is 0 Å². The summed E-state index contributed by atoms with van der Waals surface area (Å²) in [6, 6.07) is 26.0. The molecule has 0 saturated carbocycles. The number of fused-ring (bicyclic) bond motifs is 6. The van der Waals surface area contributed by atoms with Gasteiger partial charge in [-0.2, -0.15) is 4.58 Å². The second-order valence-electron chi connectivity index (χ2n) is 11.2. The summed E-state index contributed by atoms with van der Waals surface area (Å²) < 4.78 is 2.33. The van der Waals surface area contributed by atoms with Crippen molar-refractivity contribution in [2.45, 2.75) is 38.5 Å². The van der Waals surface area contributed by atoms with Gasteiger partial charge in [-0.05, 0) is 59.2 Å². The number of benzene rings is 4. The summed E-state index contributed by atoms with van der Waals surface area (Å²) in [5.74, 6) is 6.62. The van der Waals surface area contributed by atoms with E-state index in [9.17, 15) is 0 Å². The summed E-state index contributed by atoms with van der Waals surface area (Å²) in [6.07, 6.45) is 10.7. The molecule has 2 N–H and O–H groups in total. The zero-order valence-corrected chi connectivity index (χ0v) is 22.3. The Bertz CT molecular complexity index is 1700. The molecular formula is C34H34N3+. The number of nitrogens with two attached hydrogens (primary N) is 1. The number of hydrazine groups is 1. The summed E-state index contributed by atoms with van der Waals surface area (Å²) in [4.78, 5) is 0. The van der Waals surface area contributed by atoms with E-state index in [0.717, 1.165) is 11.4 Å². The van der Waals surface area contributed by atoms with Crippen molar-refractivity contribution in [3.63, 3.8) is 0 Å². The summed E-state index contributed by atoms with van der Waals surface area (Å²) in [7, 11) is 2.17. The molecule has 0 atom stereocenters. The van der Waals surface area contributed by atoms with Gasteiger partial charge in [0.1, 0.15) is 7.05 Å². The molecule has 0 bridgehead atoms. The molecule has 184 valence electrons. The molecule has 0 saturated heterocycles. The van der Waals surface area contributed by atoms with E-state index in [4.69, 9.17) is 5.84 Å². The Morgan fingerprint density at radius 2 is 1.32 bits per heavy atom. The van der Waals surface area contributed by atoms with E-state index in [-0.39, 0.29) is 10.8 Å². The lowest BCUT2D eigenvalue weighted by Crippen LogP contribution is -2.31. The van der Waals surface area contributed by atoms with E-state index in [1.54, 1.807) is 0 Å². The van der Waals surface area contributed by atoms with E-state index < -0.39 is 0 Å². The van der Waals surface area contributed by atoms with Crippen molar-refractivity contribution in [2.24, 2.45) is 5.84 Å². The van der Waals surface area contributed by atoms with Gasteiger partial charge in [0.05, 0.1) is 11.1 Å². The molecule has 0 fully saturated rings. The highest BCUT2D eigenvalue weighted by Gasteiger charge is 2.44. The van der Waals surface area contributed by atoms with Gasteiger partial charge in [0.25, 0.3) is 0 Å². The topological polar surface area (TPSA) is 32.3 Å². The van der Waals surface area contributed by atoms with E-state index in [1.165, 1.54) is 44.1 Å². The van der Waals surface area contributed by atoms with Gasteiger partial charge >= 0.3 is 0 Å². The summed E-state index contributed by atoms with van der Waals surface area (Å²) in [5.41, 5.74) is 7.15. The first-order chi connectivity index (χ1) is 17.7. The van der Waals surface area contributed by atoms with Crippen LogP contribution < -0.4 is 10.9 Å². The highest BCUT2D eigenvalue weighted by atomic mass is 15.4. The third-order valence-corrected chi connectivity index (χ3v) is 8.32. The standard InChI is InChI=1S/C34H34N3/c1-33(2)29(36(5)27-21-19-23-13-9-11-15-25(23)31(27)33)17-7-6-8-18-30-34(3,4)32-26-16-12-10-14-24(26)20-22-28(32)37(30)35/h6-22H,35H2,1-5H3/q+1. The number of allylic oxidation sites excluding steroid dienone is 6. The van der Waals surface area contributed by atoms with Gasteiger partial charge in [0.15, 0.2) is 5.71 Å². The van der Waals surface area contributed by atoms with Crippen LogP contribution in [0.2, 0.25) is 0 Å². The summed E-state index contributed by atoms with van der Waals surface area (Å²) in [6.45, 7) is 9.16. The van der Waals surface area contributed by atoms with Gasteiger partial charge in [-0.15, -0.1) is 0 Å². The van der Waals surface area contributed by atoms with Crippen LogP contribution in [-0.2, 0) is 10.8 Å². The highest BCUT2D eigenvalue weighted by molar-refractivity contribution is 6.07. The Hall–Kier alpha value is -3.95. The highest BCUT2D eigenvalue weighted by Crippen LogP contribution is 2.49. The third-order valence-electron chi connectivity index (χ3n) is 8.32. The number of rotatable bonds is 3. The molecule has 3 nitrogen and oxygen atoms in total. The van der Waals surface area contributed by atoms with Crippen molar-refractivity contribution in [2.75, 3.05) is 12.1 Å². The van der Waals surface area contributed by atoms with Crippen LogP contribution in [0.4, 0.5) is 11.4 Å². The van der Waals surface area contributed by atoms with Crippen molar-refractivity contribution < 1.29 is 4.58 Å². The van der Waals surface area contributed by atoms with Crippen molar-refractivity contribution in [1.82, 2.24) is 0 Å². The molecule has 0 amide bonds. The Balaban J connectivity index is 1.30. The van der Waals surface area contributed by atoms with Crippen LogP contribution in [0.15, 0.2) is 109 Å². The minimum atomic E-state index is -0.190. The van der Waals surface area contributed by atoms with E-state index in [0.29, 0.717) is 0 Å². The molecule has 4 aromatic carbocycles. The lowest BCUT2D eigenvalue weighted by Gasteiger charge is -2.23. The zero-order chi connectivity index (χ0) is 25.9. The van der Waals surface area contributed by atoms with E-state index in [1.807, 2.05) is 5.01 Å². The number of anilines is 1. The minimum Gasteiger partial charge on any atom is -0.283 e. The maximum Gasteiger partial charge on any atom is 0.210 e. The Labute approximate surface area is 219 Å². The second kappa shape index (κ2) is 8.29. The molecule has 4 aromatic rings. The average Bonchev–Trinajstić information content (AvgIpc) is 3.21. The molecule has 0 spiro atoms. The van der Waals surface area contributed by atoms with Crippen LogP contribution in [0.25, 0.3) is 21.5 Å². The fourth-order valence-corrected chi connectivity index (χ4v) is 6.52. The number of hydrogen-bond acceptors (Lipinski definition) is 2. The van der Waals surface area contributed by atoms with Crippen LogP contribution in [-0.4, -0.2) is 17.3 Å². The lowest BCUT2D eigenvalue weighted by atomic mass is 9.79. The molecule has 2 heterocycles. The van der Waals surface area contributed by atoms with E-state index >= 15 is 0 Å². The third kappa shape index (κ3) is 3.42. The molecule has 0 aliphatic carbocycles. The number of hydrogen-bond donors (Lipinski definition) is 1. The first-order valence-corrected chi connectivity index (χ1v) is 13.0. The monoisotopic (exact) mass is 484 g/mol. The second-order valence-corrected chi connectivity index (χ2v) is 11.2. The van der Waals surface area contributed by atoms with Crippen LogP contribution in [0.3, 0.4) is 0 Å². The van der Waals surface area contributed by atoms with Gasteiger partial charge in [-0.1, -0.05) is 86.7 Å². The first-order valence-electron chi connectivity index (χ1n) is 13.0. The molecule has 2 aliphatic rings. The first kappa shape index (κ1) is 23.4. The van der Waals surface area contributed by atoms with Crippen LogP contribution in [0, 0.1) is 0 Å². The smallest absolute Gasteiger partial charge is 0.210 e. The number of nitrogens with zero attached hydrogens (tertiary/aromatic N) is 2. The fraction of sp³-hybridized carbons (Fsp3) is 0.206. The van der Waals surface area contributed by atoms with Gasteiger partial charge < -0.3 is 0 Å². The Morgan fingerprint density at radius 3 is 2.03 bits per heavy atom. The predicted octanol–water partition coefficient (Wildman–Crippen LogP) is 7.67. The van der Waals surface area contributed by atoms with E-state index in [2.05, 4.69) is 142 Å². The van der Waals surface area contributed by atoms with Crippen molar-refractivity contribution >= 4 is 38.6 Å². The summed E-state index contributed by atoms with van der Waals surface area (Å²) in [5, 5.41) is 6.98. The Morgan fingerprint density at radius 1 is 0.703 bits per heavy atom. The van der Waals surface area contributed by atoms with Gasteiger partial charge in [-0.25, -0.2) is 5.84 Å². The zero-order valence-electron chi connectivity index (χ0n) is 22.3.